The van der Waals surface area contributed by atoms with Crippen molar-refractivity contribution in [1.82, 2.24) is 0 Å². The number of benzene rings is 3. The van der Waals surface area contributed by atoms with Crippen LogP contribution in [0.3, 0.4) is 0 Å². The van der Waals surface area contributed by atoms with E-state index < -0.39 is 20.4 Å². The SMILES string of the molecule is Cc1ccc(S(=O)(=O)OS(C)(Cc2ccccc2)c2ccc(O)cc2)cc1. The van der Waals surface area contributed by atoms with Gasteiger partial charge in [0.2, 0.25) is 0 Å². The van der Waals surface area contributed by atoms with Crippen LogP contribution in [0.5, 0.6) is 5.75 Å². The van der Waals surface area contributed by atoms with Crippen LogP contribution < -0.4 is 0 Å². The largest absolute Gasteiger partial charge is 0.508 e. The van der Waals surface area contributed by atoms with E-state index in [4.69, 9.17) is 3.63 Å². The Morgan fingerprint density at radius 3 is 1.96 bits per heavy atom. The maximum Gasteiger partial charge on any atom is 0.306 e. The van der Waals surface area contributed by atoms with Crippen LogP contribution in [0.4, 0.5) is 0 Å². The standard InChI is InChI=1S/C21H22O4S2/c1-17-8-12-21(13-9-17)27(23,24)25-26(2,16-18-6-4-3-5-7-18)20-14-10-19(22)11-15-20/h3-15,22H,16H2,1-2H3. The fraction of sp³-hybridized carbons (Fsp3) is 0.143. The molecule has 0 aliphatic carbocycles. The number of phenolic OH excluding ortho intramolecular Hbond substituents is 1. The fourth-order valence-electron chi connectivity index (χ4n) is 2.71. The van der Waals surface area contributed by atoms with Crippen molar-refractivity contribution in [3.05, 3.63) is 90.0 Å². The molecule has 6 heteroatoms. The molecule has 4 nitrogen and oxygen atoms in total. The van der Waals surface area contributed by atoms with Gasteiger partial charge in [-0.3, -0.25) is 0 Å². The Kier molecular flexibility index (Phi) is 5.60. The molecule has 1 N–H and O–H groups in total. The van der Waals surface area contributed by atoms with Gasteiger partial charge in [0.1, 0.15) is 5.75 Å². The van der Waals surface area contributed by atoms with Crippen molar-refractivity contribution in [3.63, 3.8) is 0 Å². The first-order chi connectivity index (χ1) is 12.8. The molecule has 0 aromatic heterocycles. The van der Waals surface area contributed by atoms with Crippen molar-refractivity contribution in [2.45, 2.75) is 22.5 Å². The Hall–Kier alpha value is -2.28. The molecule has 0 saturated heterocycles. The quantitative estimate of drug-likeness (QED) is 0.629. The van der Waals surface area contributed by atoms with Crippen LogP contribution >= 0.6 is 10.3 Å². The molecule has 142 valence electrons. The first-order valence-corrected chi connectivity index (χ1v) is 11.9. The van der Waals surface area contributed by atoms with E-state index >= 15 is 0 Å². The van der Waals surface area contributed by atoms with Crippen LogP contribution in [0.15, 0.2) is 88.7 Å². The maximum absolute atomic E-state index is 12.9. The van der Waals surface area contributed by atoms with Crippen LogP contribution in [0.25, 0.3) is 0 Å². The van der Waals surface area contributed by atoms with Gasteiger partial charge in [0.15, 0.2) is 0 Å². The molecule has 0 amide bonds. The van der Waals surface area contributed by atoms with Crippen LogP contribution in [-0.2, 0) is 19.5 Å². The van der Waals surface area contributed by atoms with Crippen molar-refractivity contribution in [2.24, 2.45) is 0 Å². The van der Waals surface area contributed by atoms with Crippen molar-refractivity contribution >= 4 is 20.4 Å². The van der Waals surface area contributed by atoms with Crippen LogP contribution in [0, 0.1) is 6.92 Å². The normalized spacial score (nSPS) is 15.0. The Balaban J connectivity index is 2.01. The summed E-state index contributed by atoms with van der Waals surface area (Å²) in [6, 6.07) is 22.8. The molecule has 0 bridgehead atoms. The number of rotatable bonds is 6. The third kappa shape index (κ3) is 4.71. The lowest BCUT2D eigenvalue weighted by Crippen LogP contribution is -2.14. The van der Waals surface area contributed by atoms with Crippen molar-refractivity contribution in [2.75, 3.05) is 6.26 Å². The molecule has 3 rings (SSSR count). The Labute approximate surface area is 162 Å². The number of hydrogen-bond acceptors (Lipinski definition) is 4. The van der Waals surface area contributed by atoms with Gasteiger partial charge < -0.3 is 5.11 Å². The van der Waals surface area contributed by atoms with Gasteiger partial charge in [0.05, 0.1) is 4.90 Å². The molecule has 0 spiro atoms. The van der Waals surface area contributed by atoms with E-state index in [1.165, 1.54) is 0 Å². The number of aryl methyl sites for hydroxylation is 1. The molecule has 1 unspecified atom stereocenters. The van der Waals surface area contributed by atoms with Gasteiger partial charge in [0.25, 0.3) is 0 Å². The zero-order chi connectivity index (χ0) is 19.5. The summed E-state index contributed by atoms with van der Waals surface area (Å²) in [5.74, 6) is 0.575. The van der Waals surface area contributed by atoms with Crippen molar-refractivity contribution < 1.29 is 17.2 Å². The zero-order valence-electron chi connectivity index (χ0n) is 15.2. The zero-order valence-corrected chi connectivity index (χ0v) is 16.8. The van der Waals surface area contributed by atoms with E-state index in [1.54, 1.807) is 48.5 Å². The molecule has 0 aliphatic heterocycles. The fourth-order valence-corrected chi connectivity index (χ4v) is 7.29. The van der Waals surface area contributed by atoms with Gasteiger partial charge in [0, 0.05) is 10.6 Å². The van der Waals surface area contributed by atoms with Gasteiger partial charge in [-0.25, -0.2) is 3.63 Å². The smallest absolute Gasteiger partial charge is 0.306 e. The van der Waals surface area contributed by atoms with Crippen molar-refractivity contribution in [3.8, 4) is 5.75 Å². The van der Waals surface area contributed by atoms with Gasteiger partial charge in [-0.05, 0) is 55.1 Å². The summed E-state index contributed by atoms with van der Waals surface area (Å²) in [6.07, 6.45) is 1.83. The van der Waals surface area contributed by atoms with Crippen LogP contribution in [0.2, 0.25) is 0 Å². The third-order valence-electron chi connectivity index (χ3n) is 4.17. The monoisotopic (exact) mass is 402 g/mol. The third-order valence-corrected chi connectivity index (χ3v) is 9.09. The highest BCUT2D eigenvalue weighted by Crippen LogP contribution is 2.58. The lowest BCUT2D eigenvalue weighted by Gasteiger charge is -2.35. The predicted molar refractivity (Wildman–Crippen MR) is 109 cm³/mol. The molecular weight excluding hydrogens is 380 g/mol. The molecule has 0 heterocycles. The Morgan fingerprint density at radius 2 is 1.37 bits per heavy atom. The number of aromatic hydroxyl groups is 1. The predicted octanol–water partition coefficient (Wildman–Crippen LogP) is 5.01. The molecular formula is C21H22O4S2. The average Bonchev–Trinajstić information content (AvgIpc) is 2.63. The summed E-state index contributed by atoms with van der Waals surface area (Å²) in [4.78, 5) is 0.888. The maximum atomic E-state index is 12.9. The van der Waals surface area contributed by atoms with Gasteiger partial charge in [-0.1, -0.05) is 58.3 Å². The molecule has 3 aromatic rings. The lowest BCUT2D eigenvalue weighted by molar-refractivity contribution is 0.475. The second-order valence-corrected chi connectivity index (χ2v) is 11.2. The minimum absolute atomic E-state index is 0.126. The van der Waals surface area contributed by atoms with E-state index in [0.717, 1.165) is 16.0 Å². The minimum Gasteiger partial charge on any atom is -0.508 e. The van der Waals surface area contributed by atoms with E-state index in [1.807, 2.05) is 43.5 Å². The van der Waals surface area contributed by atoms with Gasteiger partial charge >= 0.3 is 10.1 Å². The molecule has 0 saturated carbocycles. The van der Waals surface area contributed by atoms with Crippen molar-refractivity contribution in [1.29, 1.82) is 0 Å². The molecule has 0 fully saturated rings. The van der Waals surface area contributed by atoms with E-state index in [-0.39, 0.29) is 10.6 Å². The van der Waals surface area contributed by atoms with Gasteiger partial charge in [-0.2, -0.15) is 8.42 Å². The summed E-state index contributed by atoms with van der Waals surface area (Å²) >= 11 is 0. The first kappa shape index (κ1) is 19.5. The number of hydrogen-bond donors (Lipinski definition) is 1. The highest BCUT2D eigenvalue weighted by molar-refractivity contribution is 8.31. The van der Waals surface area contributed by atoms with E-state index in [2.05, 4.69) is 0 Å². The molecule has 3 aromatic carbocycles. The second kappa shape index (κ2) is 7.76. The average molecular weight is 403 g/mol. The topological polar surface area (TPSA) is 63.6 Å². The lowest BCUT2D eigenvalue weighted by atomic mass is 10.2. The van der Waals surface area contributed by atoms with E-state index in [0.29, 0.717) is 5.75 Å². The summed E-state index contributed by atoms with van der Waals surface area (Å²) in [5, 5.41) is 9.60. The van der Waals surface area contributed by atoms with Crippen LogP contribution in [0.1, 0.15) is 11.1 Å². The first-order valence-electron chi connectivity index (χ1n) is 8.40. The Bertz CT molecular complexity index is 998. The molecule has 0 radical (unpaired) electrons. The minimum atomic E-state index is -3.94. The second-order valence-electron chi connectivity index (χ2n) is 6.46. The molecule has 1 atom stereocenters. The summed E-state index contributed by atoms with van der Waals surface area (Å²) in [5.41, 5.74) is 1.97. The summed E-state index contributed by atoms with van der Waals surface area (Å²) in [7, 11) is -6.14. The van der Waals surface area contributed by atoms with Gasteiger partial charge in [-0.15, -0.1) is 0 Å². The van der Waals surface area contributed by atoms with Crippen LogP contribution in [-0.4, -0.2) is 19.8 Å². The highest BCUT2D eigenvalue weighted by Gasteiger charge is 2.30. The number of phenols is 1. The summed E-state index contributed by atoms with van der Waals surface area (Å²) in [6.45, 7) is 1.90. The van der Waals surface area contributed by atoms with E-state index in [9.17, 15) is 13.5 Å². The summed E-state index contributed by atoms with van der Waals surface area (Å²) < 4.78 is 31.7. The Morgan fingerprint density at radius 1 is 0.815 bits per heavy atom. The molecule has 0 aliphatic rings. The highest BCUT2D eigenvalue weighted by atomic mass is 32.3. The molecule has 27 heavy (non-hydrogen) atoms.